The van der Waals surface area contributed by atoms with Gasteiger partial charge in [0.2, 0.25) is 0 Å². The average molecular weight is 419 g/mol. The van der Waals surface area contributed by atoms with Crippen molar-refractivity contribution in [2.45, 2.75) is 24.6 Å². The van der Waals surface area contributed by atoms with Gasteiger partial charge in [0.05, 0.1) is 19.1 Å². The van der Waals surface area contributed by atoms with Crippen molar-refractivity contribution in [2.75, 3.05) is 13.1 Å². The number of nitrogens with one attached hydrogen (secondary N) is 1. The monoisotopic (exact) mass is 418 g/mol. The summed E-state index contributed by atoms with van der Waals surface area (Å²) in [4.78, 5) is 17.4. The Morgan fingerprint density at radius 3 is 2.54 bits per heavy atom. The third kappa shape index (κ3) is 4.16. The van der Waals surface area contributed by atoms with Crippen molar-refractivity contribution in [3.63, 3.8) is 0 Å². The first kappa shape index (κ1) is 20.2. The van der Waals surface area contributed by atoms with Crippen molar-refractivity contribution in [1.29, 1.82) is 0 Å². The van der Waals surface area contributed by atoms with E-state index in [1.807, 2.05) is 44.2 Å². The highest BCUT2D eigenvalue weighted by molar-refractivity contribution is 7.91. The van der Waals surface area contributed by atoms with Gasteiger partial charge in [0, 0.05) is 23.7 Å². The molecule has 2 heterocycles. The Morgan fingerprint density at radius 1 is 1.14 bits per heavy atom. The zero-order chi connectivity index (χ0) is 20.1. The Morgan fingerprint density at radius 2 is 1.86 bits per heavy atom. The predicted molar refractivity (Wildman–Crippen MR) is 109 cm³/mol. The van der Waals surface area contributed by atoms with Crippen LogP contribution in [0.2, 0.25) is 0 Å². The minimum Gasteiger partial charge on any atom is -0.346 e. The van der Waals surface area contributed by atoms with Crippen LogP contribution in [0.3, 0.4) is 0 Å². The summed E-state index contributed by atoms with van der Waals surface area (Å²) in [5, 5.41) is 2.84. The summed E-state index contributed by atoms with van der Waals surface area (Å²) in [5.74, 6) is -0.275. The first-order valence-electron chi connectivity index (χ1n) is 8.92. The minimum atomic E-state index is -3.48. The molecule has 28 heavy (non-hydrogen) atoms. The SMILES string of the molecule is CCN(CC)S(=O)(=O)c1ccc(CNC(=O)c2cncn2-c2ccccc2)s1. The lowest BCUT2D eigenvalue weighted by Crippen LogP contribution is -2.30. The van der Waals surface area contributed by atoms with Gasteiger partial charge in [0.15, 0.2) is 0 Å². The largest absolute Gasteiger partial charge is 0.346 e. The van der Waals surface area contributed by atoms with Crippen LogP contribution in [0.1, 0.15) is 29.2 Å². The summed E-state index contributed by atoms with van der Waals surface area (Å²) in [5.41, 5.74) is 1.26. The van der Waals surface area contributed by atoms with Gasteiger partial charge in [0.25, 0.3) is 15.9 Å². The highest BCUT2D eigenvalue weighted by Gasteiger charge is 2.23. The topological polar surface area (TPSA) is 84.3 Å². The quantitative estimate of drug-likeness (QED) is 0.610. The molecule has 3 rings (SSSR count). The van der Waals surface area contributed by atoms with E-state index in [0.717, 1.165) is 10.6 Å². The summed E-state index contributed by atoms with van der Waals surface area (Å²) in [6.07, 6.45) is 3.09. The molecule has 7 nitrogen and oxygen atoms in total. The maximum absolute atomic E-state index is 12.6. The molecule has 0 atom stereocenters. The highest BCUT2D eigenvalue weighted by atomic mass is 32.2. The van der Waals surface area contributed by atoms with E-state index in [1.165, 1.54) is 21.8 Å². The van der Waals surface area contributed by atoms with Crippen molar-refractivity contribution in [3.8, 4) is 5.69 Å². The van der Waals surface area contributed by atoms with Crippen LogP contribution < -0.4 is 5.32 Å². The molecule has 0 radical (unpaired) electrons. The number of nitrogens with zero attached hydrogens (tertiary/aromatic N) is 3. The molecular weight excluding hydrogens is 396 g/mol. The molecule has 2 aromatic heterocycles. The number of sulfonamides is 1. The van der Waals surface area contributed by atoms with Crippen molar-refractivity contribution in [1.82, 2.24) is 19.2 Å². The second kappa shape index (κ2) is 8.68. The first-order valence-corrected chi connectivity index (χ1v) is 11.2. The second-order valence-corrected chi connectivity index (χ2v) is 9.31. The molecule has 0 saturated heterocycles. The first-order chi connectivity index (χ1) is 13.5. The van der Waals surface area contributed by atoms with E-state index in [4.69, 9.17) is 0 Å². The molecule has 0 fully saturated rings. The lowest BCUT2D eigenvalue weighted by Gasteiger charge is -2.16. The number of amides is 1. The summed E-state index contributed by atoms with van der Waals surface area (Å²) in [7, 11) is -3.48. The van der Waals surface area contributed by atoms with Crippen LogP contribution in [0.15, 0.2) is 59.2 Å². The van der Waals surface area contributed by atoms with E-state index in [0.29, 0.717) is 18.8 Å². The predicted octanol–water partition coefficient (Wildman–Crippen LogP) is 2.89. The van der Waals surface area contributed by atoms with E-state index < -0.39 is 10.0 Å². The Hall–Kier alpha value is -2.49. The van der Waals surface area contributed by atoms with E-state index in [-0.39, 0.29) is 16.7 Å². The maximum atomic E-state index is 12.6. The second-order valence-electron chi connectivity index (χ2n) is 5.98. The van der Waals surface area contributed by atoms with Crippen molar-refractivity contribution < 1.29 is 13.2 Å². The highest BCUT2D eigenvalue weighted by Crippen LogP contribution is 2.25. The van der Waals surface area contributed by atoms with Gasteiger partial charge < -0.3 is 5.32 Å². The number of rotatable bonds is 8. The normalized spacial score (nSPS) is 11.7. The Labute approximate surface area is 168 Å². The van der Waals surface area contributed by atoms with Crippen molar-refractivity contribution in [2.24, 2.45) is 0 Å². The van der Waals surface area contributed by atoms with E-state index in [2.05, 4.69) is 10.3 Å². The minimum absolute atomic E-state index is 0.247. The van der Waals surface area contributed by atoms with Crippen LogP contribution in [-0.4, -0.2) is 41.3 Å². The van der Waals surface area contributed by atoms with Crippen molar-refractivity contribution in [3.05, 3.63) is 65.6 Å². The Kier molecular flexibility index (Phi) is 6.28. The number of imidazole rings is 1. The number of para-hydroxylation sites is 1. The zero-order valence-corrected chi connectivity index (χ0v) is 17.3. The summed E-state index contributed by atoms with van der Waals surface area (Å²) in [6, 6.07) is 12.8. The molecule has 1 amide bonds. The summed E-state index contributed by atoms with van der Waals surface area (Å²) >= 11 is 1.17. The van der Waals surface area contributed by atoms with Gasteiger partial charge >= 0.3 is 0 Å². The average Bonchev–Trinajstić information content (AvgIpc) is 3.37. The van der Waals surface area contributed by atoms with Crippen LogP contribution in [0.25, 0.3) is 5.69 Å². The van der Waals surface area contributed by atoms with Gasteiger partial charge in [-0.25, -0.2) is 13.4 Å². The number of hydrogen-bond donors (Lipinski definition) is 1. The van der Waals surface area contributed by atoms with Crippen LogP contribution in [-0.2, 0) is 16.6 Å². The van der Waals surface area contributed by atoms with Gasteiger partial charge in [-0.15, -0.1) is 11.3 Å². The molecule has 0 aliphatic rings. The number of carbonyl (C=O) groups is 1. The molecule has 0 unspecified atom stereocenters. The fourth-order valence-corrected chi connectivity index (χ4v) is 5.71. The van der Waals surface area contributed by atoms with Gasteiger partial charge in [-0.3, -0.25) is 9.36 Å². The Bertz CT molecular complexity index is 1040. The molecule has 1 aromatic carbocycles. The van der Waals surface area contributed by atoms with Gasteiger partial charge in [0.1, 0.15) is 9.90 Å². The fraction of sp³-hybridized carbons (Fsp3) is 0.263. The molecule has 9 heteroatoms. The van der Waals surface area contributed by atoms with Gasteiger partial charge in [-0.1, -0.05) is 32.0 Å². The van der Waals surface area contributed by atoms with Crippen molar-refractivity contribution >= 4 is 27.3 Å². The van der Waals surface area contributed by atoms with Crippen LogP contribution in [0.4, 0.5) is 0 Å². The molecule has 0 spiro atoms. The van der Waals surface area contributed by atoms with Crippen LogP contribution in [0.5, 0.6) is 0 Å². The smallest absolute Gasteiger partial charge is 0.270 e. The van der Waals surface area contributed by atoms with Crippen LogP contribution >= 0.6 is 11.3 Å². The van der Waals surface area contributed by atoms with E-state index >= 15 is 0 Å². The number of hydrogen-bond acceptors (Lipinski definition) is 5. The van der Waals surface area contributed by atoms with Crippen LogP contribution in [0, 0.1) is 0 Å². The molecule has 0 bridgehead atoms. The summed E-state index contributed by atoms with van der Waals surface area (Å²) in [6.45, 7) is 4.72. The molecule has 0 aliphatic heterocycles. The molecule has 148 valence electrons. The lowest BCUT2D eigenvalue weighted by molar-refractivity contribution is 0.0944. The lowest BCUT2D eigenvalue weighted by atomic mass is 10.3. The zero-order valence-electron chi connectivity index (χ0n) is 15.7. The van der Waals surface area contributed by atoms with Gasteiger partial charge in [-0.2, -0.15) is 4.31 Å². The molecule has 0 aliphatic carbocycles. The third-order valence-corrected chi connectivity index (χ3v) is 7.87. The number of thiophene rings is 1. The molecule has 3 aromatic rings. The third-order valence-electron chi connectivity index (χ3n) is 4.27. The Balaban J connectivity index is 1.70. The summed E-state index contributed by atoms with van der Waals surface area (Å²) < 4.78 is 28.6. The molecule has 0 saturated carbocycles. The molecule has 1 N–H and O–H groups in total. The van der Waals surface area contributed by atoms with Gasteiger partial charge in [-0.05, 0) is 24.3 Å². The fourth-order valence-electron chi connectivity index (χ4n) is 2.80. The number of carbonyl (C=O) groups excluding carboxylic acids is 1. The maximum Gasteiger partial charge on any atom is 0.270 e. The number of benzene rings is 1. The standard InChI is InChI=1S/C19H22N4O3S2/c1-3-22(4-2)28(25,26)18-11-10-16(27-18)12-21-19(24)17-13-20-14-23(17)15-8-6-5-7-9-15/h5-11,13-14H,3-4,12H2,1-2H3,(H,21,24). The molecular formula is C19H22N4O3S2. The van der Waals surface area contributed by atoms with E-state index in [1.54, 1.807) is 23.0 Å². The van der Waals surface area contributed by atoms with E-state index in [9.17, 15) is 13.2 Å². The number of aromatic nitrogens is 2.